The lowest BCUT2D eigenvalue weighted by Crippen LogP contribution is -2.10. The smallest absolute Gasteiger partial charge is 0.224 e. The van der Waals surface area contributed by atoms with E-state index in [-0.39, 0.29) is 17.4 Å². The largest absolute Gasteiger partial charge is 0.326 e. The first kappa shape index (κ1) is 19.8. The topological polar surface area (TPSA) is 76.9 Å². The summed E-state index contributed by atoms with van der Waals surface area (Å²) in [5, 5.41) is 11.9. The van der Waals surface area contributed by atoms with Crippen LogP contribution in [0.3, 0.4) is 0 Å². The van der Waals surface area contributed by atoms with Gasteiger partial charge in [0.25, 0.3) is 0 Å². The van der Waals surface area contributed by atoms with Crippen LogP contribution in [0.1, 0.15) is 29.3 Å². The lowest BCUT2D eigenvalue weighted by molar-refractivity contribution is -0.115. The molecule has 0 fully saturated rings. The first-order chi connectivity index (χ1) is 13.5. The van der Waals surface area contributed by atoms with E-state index in [4.69, 9.17) is 0 Å². The number of Topliss-reactive ketones (excluding diaryl/α,β-unsaturated/α-hetero) is 1. The minimum Gasteiger partial charge on any atom is -0.326 e. The van der Waals surface area contributed by atoms with Crippen LogP contribution < -0.4 is 5.32 Å². The maximum absolute atomic E-state index is 12.5. The molecule has 1 aromatic heterocycles. The summed E-state index contributed by atoms with van der Waals surface area (Å²) in [4.78, 5) is 23.9. The van der Waals surface area contributed by atoms with Crippen molar-refractivity contribution in [2.45, 2.75) is 25.4 Å². The van der Waals surface area contributed by atoms with Crippen LogP contribution in [0.5, 0.6) is 0 Å². The van der Waals surface area contributed by atoms with E-state index in [2.05, 4.69) is 21.6 Å². The molecule has 0 bridgehead atoms. The zero-order valence-electron chi connectivity index (χ0n) is 16.1. The minimum atomic E-state index is -0.0543. The SMILES string of the molecule is CCC(=O)Nc1ccc(C(=O)CSc2nnc(-c3cccc(C)c3)n2C)cc1. The standard InChI is InChI=1S/C21H22N4O2S/c1-4-19(27)22-17-10-8-15(9-11-17)18(26)13-28-21-24-23-20(25(21)3)16-7-5-6-14(2)12-16/h5-12H,4,13H2,1-3H3,(H,22,27). The zero-order chi connectivity index (χ0) is 20.1. The molecule has 0 atom stereocenters. The highest BCUT2D eigenvalue weighted by atomic mass is 32.2. The first-order valence-electron chi connectivity index (χ1n) is 9.00. The van der Waals surface area contributed by atoms with Crippen molar-refractivity contribution in [1.29, 1.82) is 0 Å². The second kappa shape index (κ2) is 8.84. The van der Waals surface area contributed by atoms with E-state index in [9.17, 15) is 9.59 Å². The molecule has 0 aliphatic rings. The summed E-state index contributed by atoms with van der Waals surface area (Å²) in [7, 11) is 1.90. The van der Waals surface area contributed by atoms with Crippen molar-refractivity contribution in [3.05, 3.63) is 59.7 Å². The van der Waals surface area contributed by atoms with Gasteiger partial charge in [-0.3, -0.25) is 9.59 Å². The van der Waals surface area contributed by atoms with Gasteiger partial charge in [-0.25, -0.2) is 0 Å². The Kier molecular flexibility index (Phi) is 6.26. The van der Waals surface area contributed by atoms with Crippen molar-refractivity contribution in [2.75, 3.05) is 11.1 Å². The molecule has 0 saturated heterocycles. The summed E-state index contributed by atoms with van der Waals surface area (Å²) in [5.74, 6) is 0.981. The molecule has 0 unspecified atom stereocenters. The summed E-state index contributed by atoms with van der Waals surface area (Å²) >= 11 is 1.36. The van der Waals surface area contributed by atoms with Crippen LogP contribution >= 0.6 is 11.8 Å². The number of nitrogens with one attached hydrogen (secondary N) is 1. The van der Waals surface area contributed by atoms with Gasteiger partial charge in [-0.05, 0) is 37.3 Å². The van der Waals surface area contributed by atoms with Crippen LogP contribution in [0.4, 0.5) is 5.69 Å². The molecule has 1 N–H and O–H groups in total. The highest BCUT2D eigenvalue weighted by Crippen LogP contribution is 2.24. The molecule has 0 radical (unpaired) electrons. The van der Waals surface area contributed by atoms with E-state index in [0.29, 0.717) is 22.8 Å². The number of hydrogen-bond donors (Lipinski definition) is 1. The van der Waals surface area contributed by atoms with Gasteiger partial charge in [-0.2, -0.15) is 0 Å². The summed E-state index contributed by atoms with van der Waals surface area (Å²) in [6, 6.07) is 15.0. The number of benzene rings is 2. The fourth-order valence-corrected chi connectivity index (χ4v) is 3.48. The van der Waals surface area contributed by atoms with E-state index < -0.39 is 0 Å². The summed E-state index contributed by atoms with van der Waals surface area (Å²) in [6.45, 7) is 3.83. The van der Waals surface area contributed by atoms with Gasteiger partial charge in [0.2, 0.25) is 5.91 Å². The molecular formula is C21H22N4O2S. The van der Waals surface area contributed by atoms with Crippen molar-refractivity contribution in [2.24, 2.45) is 7.05 Å². The third-order valence-electron chi connectivity index (χ3n) is 4.26. The van der Waals surface area contributed by atoms with Crippen LogP contribution in [0.15, 0.2) is 53.7 Å². The van der Waals surface area contributed by atoms with Gasteiger partial charge in [-0.1, -0.05) is 42.4 Å². The average Bonchev–Trinajstić information content (AvgIpc) is 3.07. The van der Waals surface area contributed by atoms with Crippen LogP contribution in [0.2, 0.25) is 0 Å². The Morgan fingerprint density at radius 2 is 1.86 bits per heavy atom. The van der Waals surface area contributed by atoms with Crippen molar-refractivity contribution in [3.8, 4) is 11.4 Å². The van der Waals surface area contributed by atoms with Gasteiger partial charge in [0, 0.05) is 30.3 Å². The van der Waals surface area contributed by atoms with Crippen LogP contribution in [0.25, 0.3) is 11.4 Å². The molecule has 6 nitrogen and oxygen atoms in total. The Morgan fingerprint density at radius 3 is 2.54 bits per heavy atom. The fraction of sp³-hybridized carbons (Fsp3) is 0.238. The number of ketones is 1. The van der Waals surface area contributed by atoms with Crippen LogP contribution in [0, 0.1) is 6.92 Å². The quantitative estimate of drug-likeness (QED) is 0.482. The maximum atomic E-state index is 12.5. The number of hydrogen-bond acceptors (Lipinski definition) is 5. The van der Waals surface area contributed by atoms with Crippen molar-refractivity contribution in [3.63, 3.8) is 0 Å². The molecule has 2 aromatic carbocycles. The molecule has 1 heterocycles. The molecule has 0 saturated carbocycles. The number of aryl methyl sites for hydroxylation is 1. The predicted octanol–water partition coefficient (Wildman–Crippen LogP) is 4.11. The van der Waals surface area contributed by atoms with Gasteiger partial charge in [0.05, 0.1) is 5.75 Å². The number of rotatable bonds is 7. The van der Waals surface area contributed by atoms with Gasteiger partial charge in [0.1, 0.15) is 0 Å². The molecule has 0 spiro atoms. The molecule has 1 amide bonds. The van der Waals surface area contributed by atoms with Crippen molar-refractivity contribution >= 4 is 29.1 Å². The monoisotopic (exact) mass is 394 g/mol. The van der Waals surface area contributed by atoms with E-state index in [0.717, 1.165) is 17.0 Å². The number of carbonyl (C=O) groups is 2. The highest BCUT2D eigenvalue weighted by molar-refractivity contribution is 7.99. The highest BCUT2D eigenvalue weighted by Gasteiger charge is 2.14. The van der Waals surface area contributed by atoms with Gasteiger partial charge in [-0.15, -0.1) is 10.2 Å². The lowest BCUT2D eigenvalue weighted by Gasteiger charge is -2.06. The summed E-state index contributed by atoms with van der Waals surface area (Å²) in [5.41, 5.74) is 3.44. The number of carbonyl (C=O) groups excluding carboxylic acids is 2. The Hall–Kier alpha value is -2.93. The molecule has 3 aromatic rings. The number of anilines is 1. The van der Waals surface area contributed by atoms with Gasteiger partial charge < -0.3 is 9.88 Å². The number of nitrogens with zero attached hydrogens (tertiary/aromatic N) is 3. The normalized spacial score (nSPS) is 10.7. The van der Waals surface area contributed by atoms with Gasteiger partial charge >= 0.3 is 0 Å². The van der Waals surface area contributed by atoms with Crippen LogP contribution in [-0.2, 0) is 11.8 Å². The Morgan fingerprint density at radius 1 is 1.11 bits per heavy atom. The average molecular weight is 395 g/mol. The summed E-state index contributed by atoms with van der Waals surface area (Å²) < 4.78 is 1.90. The third-order valence-corrected chi connectivity index (χ3v) is 5.28. The number of thioether (sulfide) groups is 1. The van der Waals surface area contributed by atoms with E-state index in [1.807, 2.05) is 36.7 Å². The number of aromatic nitrogens is 3. The molecule has 3 rings (SSSR count). The lowest BCUT2D eigenvalue weighted by atomic mass is 10.1. The molecular weight excluding hydrogens is 372 g/mol. The Balaban J connectivity index is 1.64. The molecule has 144 valence electrons. The van der Waals surface area contributed by atoms with Crippen molar-refractivity contribution in [1.82, 2.24) is 14.8 Å². The fourth-order valence-electron chi connectivity index (χ4n) is 2.68. The Labute approximate surface area is 168 Å². The third kappa shape index (κ3) is 4.67. The van der Waals surface area contributed by atoms with Gasteiger partial charge in [0.15, 0.2) is 16.8 Å². The molecule has 0 aliphatic heterocycles. The second-order valence-electron chi connectivity index (χ2n) is 6.43. The second-order valence-corrected chi connectivity index (χ2v) is 7.37. The minimum absolute atomic E-state index is 0.00141. The summed E-state index contributed by atoms with van der Waals surface area (Å²) in [6.07, 6.45) is 0.416. The zero-order valence-corrected chi connectivity index (χ0v) is 16.9. The van der Waals surface area contributed by atoms with Crippen LogP contribution in [-0.4, -0.2) is 32.2 Å². The Bertz CT molecular complexity index is 996. The van der Waals surface area contributed by atoms with E-state index in [1.54, 1.807) is 31.2 Å². The van der Waals surface area contributed by atoms with E-state index in [1.165, 1.54) is 11.8 Å². The maximum Gasteiger partial charge on any atom is 0.224 e. The van der Waals surface area contributed by atoms with E-state index >= 15 is 0 Å². The number of amides is 1. The molecule has 28 heavy (non-hydrogen) atoms. The first-order valence-corrected chi connectivity index (χ1v) is 9.99. The predicted molar refractivity (Wildman–Crippen MR) is 112 cm³/mol. The molecule has 7 heteroatoms. The van der Waals surface area contributed by atoms with Crippen molar-refractivity contribution < 1.29 is 9.59 Å². The molecule has 0 aliphatic carbocycles.